The Morgan fingerprint density at radius 2 is 1.94 bits per heavy atom. The first-order valence-electron chi connectivity index (χ1n) is 5.20. The minimum atomic E-state index is -0.0318. The van der Waals surface area contributed by atoms with Gasteiger partial charge in [-0.05, 0) is 32.4 Å². The third-order valence-electron chi connectivity index (χ3n) is 2.20. The fraction of sp³-hybridized carbons (Fsp3) is 0.417. The molecular weight excluding hydrogens is 224 g/mol. The second-order valence-corrected chi connectivity index (χ2v) is 3.89. The highest BCUT2D eigenvalue weighted by Gasteiger charge is 2.04. The summed E-state index contributed by atoms with van der Waals surface area (Å²) >= 11 is 0. The Balaban J connectivity index is 0.00000225. The molecule has 16 heavy (non-hydrogen) atoms. The molecule has 0 fully saturated rings. The summed E-state index contributed by atoms with van der Waals surface area (Å²) in [6, 6.07) is 7.65. The zero-order chi connectivity index (χ0) is 11.3. The molecular formula is C12H19ClN2O. The molecule has 0 heterocycles. The van der Waals surface area contributed by atoms with Gasteiger partial charge in [0, 0.05) is 18.2 Å². The van der Waals surface area contributed by atoms with Gasteiger partial charge in [0.15, 0.2) is 0 Å². The summed E-state index contributed by atoms with van der Waals surface area (Å²) in [6.07, 6.45) is 0.803. The first-order valence-corrected chi connectivity index (χ1v) is 5.20. The van der Waals surface area contributed by atoms with Crippen molar-refractivity contribution in [2.45, 2.75) is 26.3 Å². The molecule has 90 valence electrons. The maximum absolute atomic E-state index is 11.6. The molecule has 4 heteroatoms. The molecule has 0 radical (unpaired) electrons. The van der Waals surface area contributed by atoms with Gasteiger partial charge < -0.3 is 11.1 Å². The van der Waals surface area contributed by atoms with E-state index in [9.17, 15) is 4.79 Å². The molecule has 0 aliphatic carbocycles. The van der Waals surface area contributed by atoms with Crippen LogP contribution in [0.2, 0.25) is 0 Å². The highest BCUT2D eigenvalue weighted by molar-refractivity contribution is 5.94. The van der Waals surface area contributed by atoms with Gasteiger partial charge in [0.1, 0.15) is 0 Å². The van der Waals surface area contributed by atoms with Gasteiger partial charge in [-0.3, -0.25) is 4.79 Å². The van der Waals surface area contributed by atoms with Gasteiger partial charge >= 0.3 is 0 Å². The Labute approximate surface area is 103 Å². The molecule has 1 aromatic rings. The lowest BCUT2D eigenvalue weighted by molar-refractivity contribution is 0.0953. The Morgan fingerprint density at radius 1 is 1.38 bits per heavy atom. The van der Waals surface area contributed by atoms with Crippen LogP contribution in [0.3, 0.4) is 0 Å². The minimum Gasteiger partial charge on any atom is -0.352 e. The van der Waals surface area contributed by atoms with Crippen LogP contribution in [-0.2, 0) is 0 Å². The first kappa shape index (κ1) is 14.9. The Morgan fingerprint density at radius 3 is 2.44 bits per heavy atom. The molecule has 0 bridgehead atoms. The van der Waals surface area contributed by atoms with Crippen LogP contribution < -0.4 is 11.1 Å². The summed E-state index contributed by atoms with van der Waals surface area (Å²) in [5, 5.41) is 2.83. The van der Waals surface area contributed by atoms with E-state index >= 15 is 0 Å². The number of nitrogens with one attached hydrogen (secondary N) is 1. The Hall–Kier alpha value is -1.06. The van der Waals surface area contributed by atoms with Crippen molar-refractivity contribution >= 4 is 18.3 Å². The molecule has 1 aromatic carbocycles. The third kappa shape index (κ3) is 5.14. The molecule has 0 aliphatic rings. The largest absolute Gasteiger partial charge is 0.352 e. The average Bonchev–Trinajstić information content (AvgIpc) is 2.18. The van der Waals surface area contributed by atoms with E-state index in [-0.39, 0.29) is 24.4 Å². The predicted octanol–water partition coefficient (Wildman–Crippen LogP) is 1.88. The average molecular weight is 243 g/mol. The minimum absolute atomic E-state index is 0. The van der Waals surface area contributed by atoms with E-state index in [2.05, 4.69) is 5.32 Å². The topological polar surface area (TPSA) is 55.1 Å². The first-order chi connectivity index (χ1) is 7.09. The summed E-state index contributed by atoms with van der Waals surface area (Å²) in [5.74, 6) is -0.0318. The molecule has 1 atom stereocenters. The van der Waals surface area contributed by atoms with Gasteiger partial charge in [-0.2, -0.15) is 0 Å². The number of aryl methyl sites for hydroxylation is 1. The molecule has 0 saturated carbocycles. The molecule has 1 unspecified atom stereocenters. The quantitative estimate of drug-likeness (QED) is 0.847. The maximum atomic E-state index is 11.6. The van der Waals surface area contributed by atoms with Gasteiger partial charge in [-0.15, -0.1) is 12.4 Å². The normalized spacial score (nSPS) is 11.4. The van der Waals surface area contributed by atoms with Gasteiger partial charge in [-0.25, -0.2) is 0 Å². The lowest BCUT2D eigenvalue weighted by Crippen LogP contribution is -2.28. The van der Waals surface area contributed by atoms with E-state index in [4.69, 9.17) is 5.73 Å². The molecule has 0 aromatic heterocycles. The molecule has 0 spiro atoms. The van der Waals surface area contributed by atoms with E-state index < -0.39 is 0 Å². The van der Waals surface area contributed by atoms with E-state index in [1.807, 2.05) is 38.1 Å². The Kier molecular flexibility index (Phi) is 6.77. The third-order valence-corrected chi connectivity index (χ3v) is 2.20. The summed E-state index contributed by atoms with van der Waals surface area (Å²) in [6.45, 7) is 4.56. The van der Waals surface area contributed by atoms with Crippen molar-refractivity contribution in [1.29, 1.82) is 0 Å². The molecule has 3 N–H and O–H groups in total. The van der Waals surface area contributed by atoms with Crippen LogP contribution in [0.1, 0.15) is 29.3 Å². The van der Waals surface area contributed by atoms with Crippen LogP contribution >= 0.6 is 12.4 Å². The van der Waals surface area contributed by atoms with E-state index in [0.717, 1.165) is 12.0 Å². The number of carbonyl (C=O) groups is 1. The summed E-state index contributed by atoms with van der Waals surface area (Å²) in [5.41, 5.74) is 7.44. The fourth-order valence-electron chi connectivity index (χ4n) is 1.22. The Bertz CT molecular complexity index is 322. The van der Waals surface area contributed by atoms with Crippen molar-refractivity contribution in [1.82, 2.24) is 5.32 Å². The van der Waals surface area contributed by atoms with Gasteiger partial charge in [0.25, 0.3) is 5.91 Å². The fourth-order valence-corrected chi connectivity index (χ4v) is 1.22. The maximum Gasteiger partial charge on any atom is 0.251 e. The number of halogens is 1. The van der Waals surface area contributed by atoms with Crippen LogP contribution in [0, 0.1) is 6.92 Å². The van der Waals surface area contributed by atoms with Crippen LogP contribution in [0.25, 0.3) is 0 Å². The summed E-state index contributed by atoms with van der Waals surface area (Å²) in [4.78, 5) is 11.6. The van der Waals surface area contributed by atoms with Gasteiger partial charge in [0.2, 0.25) is 0 Å². The lowest BCUT2D eigenvalue weighted by atomic mass is 10.1. The SMILES string of the molecule is Cc1ccc(C(=O)NCCC(C)N)cc1.Cl. The highest BCUT2D eigenvalue weighted by atomic mass is 35.5. The van der Waals surface area contributed by atoms with E-state index in [1.165, 1.54) is 0 Å². The lowest BCUT2D eigenvalue weighted by Gasteiger charge is -2.07. The van der Waals surface area contributed by atoms with E-state index in [1.54, 1.807) is 0 Å². The van der Waals surface area contributed by atoms with Crippen molar-refractivity contribution in [2.24, 2.45) is 5.73 Å². The summed E-state index contributed by atoms with van der Waals surface area (Å²) in [7, 11) is 0. The standard InChI is InChI=1S/C12H18N2O.ClH/c1-9-3-5-11(6-4-9)12(15)14-8-7-10(2)13;/h3-6,10H,7-8,13H2,1-2H3,(H,14,15);1H. The molecule has 0 aliphatic heterocycles. The number of amides is 1. The van der Waals surface area contributed by atoms with Crippen molar-refractivity contribution in [2.75, 3.05) is 6.54 Å². The number of hydrogen-bond donors (Lipinski definition) is 2. The smallest absolute Gasteiger partial charge is 0.251 e. The predicted molar refractivity (Wildman–Crippen MR) is 69.0 cm³/mol. The summed E-state index contributed by atoms with van der Waals surface area (Å²) < 4.78 is 0. The van der Waals surface area contributed by atoms with Gasteiger partial charge in [-0.1, -0.05) is 17.7 Å². The number of benzene rings is 1. The molecule has 0 saturated heterocycles. The van der Waals surface area contributed by atoms with Crippen LogP contribution in [0.5, 0.6) is 0 Å². The second-order valence-electron chi connectivity index (χ2n) is 3.89. The van der Waals surface area contributed by atoms with Crippen molar-refractivity contribution in [3.05, 3.63) is 35.4 Å². The highest BCUT2D eigenvalue weighted by Crippen LogP contribution is 2.02. The van der Waals surface area contributed by atoms with Crippen LogP contribution in [0.4, 0.5) is 0 Å². The monoisotopic (exact) mass is 242 g/mol. The molecule has 1 amide bonds. The van der Waals surface area contributed by atoms with Crippen molar-refractivity contribution in [3.8, 4) is 0 Å². The number of rotatable bonds is 4. The molecule has 3 nitrogen and oxygen atoms in total. The van der Waals surface area contributed by atoms with Crippen LogP contribution in [0.15, 0.2) is 24.3 Å². The van der Waals surface area contributed by atoms with Crippen molar-refractivity contribution in [3.63, 3.8) is 0 Å². The van der Waals surface area contributed by atoms with Crippen LogP contribution in [-0.4, -0.2) is 18.5 Å². The zero-order valence-corrected chi connectivity index (χ0v) is 10.5. The number of nitrogens with two attached hydrogens (primary N) is 1. The van der Waals surface area contributed by atoms with Crippen molar-refractivity contribution < 1.29 is 4.79 Å². The second kappa shape index (κ2) is 7.25. The molecule has 1 rings (SSSR count). The van der Waals surface area contributed by atoms with E-state index in [0.29, 0.717) is 12.1 Å². The van der Waals surface area contributed by atoms with Gasteiger partial charge in [0.05, 0.1) is 0 Å². The number of carbonyl (C=O) groups excluding carboxylic acids is 1. The number of hydrogen-bond acceptors (Lipinski definition) is 2. The zero-order valence-electron chi connectivity index (χ0n) is 9.69.